The van der Waals surface area contributed by atoms with Crippen molar-refractivity contribution in [2.24, 2.45) is 5.73 Å². The lowest BCUT2D eigenvalue weighted by molar-refractivity contribution is 0.159. The van der Waals surface area contributed by atoms with Gasteiger partial charge in [0.25, 0.3) is 0 Å². The topological polar surface area (TPSA) is 51.6 Å². The zero-order chi connectivity index (χ0) is 12.0. The third-order valence-electron chi connectivity index (χ3n) is 2.54. The van der Waals surface area contributed by atoms with Crippen LogP contribution in [0, 0.1) is 0 Å². The number of hydrogen-bond donors (Lipinski definition) is 1. The van der Waals surface area contributed by atoms with Gasteiger partial charge in [0.05, 0.1) is 6.04 Å². The Balaban J connectivity index is 2.53. The van der Waals surface area contributed by atoms with E-state index < -0.39 is 0 Å². The summed E-state index contributed by atoms with van der Waals surface area (Å²) in [6, 6.07) is 3.97. The van der Waals surface area contributed by atoms with Crippen LogP contribution in [0.3, 0.4) is 0 Å². The lowest BCUT2D eigenvalue weighted by atomic mass is 10.2. The molecule has 0 aliphatic heterocycles. The zero-order valence-electron chi connectivity index (χ0n) is 9.78. The number of nitrogens with two attached hydrogens (primary N) is 1. The zero-order valence-corrected chi connectivity index (χ0v) is 11.4. The summed E-state index contributed by atoms with van der Waals surface area (Å²) in [5.74, 6) is 0.897. The summed E-state index contributed by atoms with van der Waals surface area (Å²) in [5, 5.41) is 0. The summed E-state index contributed by atoms with van der Waals surface area (Å²) in [7, 11) is 3.76. The maximum absolute atomic E-state index is 5.77. The van der Waals surface area contributed by atoms with E-state index in [9.17, 15) is 0 Å². The second-order valence-electron chi connectivity index (χ2n) is 3.72. The number of methoxy groups -OCH3 is 1. The first-order chi connectivity index (χ1) is 7.69. The van der Waals surface area contributed by atoms with Crippen LogP contribution in [-0.2, 0) is 4.74 Å². The number of likely N-dealkylation sites (N-methyl/N-ethyl adjacent to an activating group) is 1. The van der Waals surface area contributed by atoms with Gasteiger partial charge < -0.3 is 14.9 Å². The van der Waals surface area contributed by atoms with Crippen molar-refractivity contribution in [3.63, 3.8) is 0 Å². The third-order valence-corrected chi connectivity index (χ3v) is 2.96. The van der Waals surface area contributed by atoms with Gasteiger partial charge in [0.2, 0.25) is 0 Å². The lowest BCUT2D eigenvalue weighted by Gasteiger charge is -2.24. The molecule has 0 saturated heterocycles. The molecule has 0 amide bonds. The highest BCUT2D eigenvalue weighted by molar-refractivity contribution is 9.10. The van der Waals surface area contributed by atoms with Crippen molar-refractivity contribution < 1.29 is 9.15 Å². The maximum atomic E-state index is 5.77. The summed E-state index contributed by atoms with van der Waals surface area (Å²) < 4.78 is 11.3. The minimum Gasteiger partial charge on any atom is -0.453 e. The van der Waals surface area contributed by atoms with Crippen molar-refractivity contribution in [2.45, 2.75) is 12.5 Å². The summed E-state index contributed by atoms with van der Waals surface area (Å²) in [6.45, 7) is 2.25. The Hall–Kier alpha value is -0.360. The van der Waals surface area contributed by atoms with Gasteiger partial charge in [-0.25, -0.2) is 0 Å². The molecular formula is C11H19BrN2O2. The molecule has 0 fully saturated rings. The molecule has 1 heterocycles. The molecule has 0 spiro atoms. The van der Waals surface area contributed by atoms with Crippen LogP contribution in [0.1, 0.15) is 18.2 Å². The Labute approximate surface area is 105 Å². The van der Waals surface area contributed by atoms with Crippen LogP contribution < -0.4 is 5.73 Å². The number of hydrogen-bond acceptors (Lipinski definition) is 4. The Bertz CT molecular complexity index is 304. The van der Waals surface area contributed by atoms with Gasteiger partial charge >= 0.3 is 0 Å². The quantitative estimate of drug-likeness (QED) is 0.781. The van der Waals surface area contributed by atoms with Crippen molar-refractivity contribution in [1.82, 2.24) is 4.90 Å². The monoisotopic (exact) mass is 290 g/mol. The van der Waals surface area contributed by atoms with Crippen LogP contribution in [0.15, 0.2) is 21.2 Å². The molecule has 16 heavy (non-hydrogen) atoms. The highest BCUT2D eigenvalue weighted by atomic mass is 79.9. The van der Waals surface area contributed by atoms with E-state index in [0.717, 1.165) is 30.0 Å². The van der Waals surface area contributed by atoms with Crippen molar-refractivity contribution in [3.05, 3.63) is 22.6 Å². The predicted molar refractivity (Wildman–Crippen MR) is 67.3 cm³/mol. The molecule has 5 heteroatoms. The molecule has 0 aromatic carbocycles. The first-order valence-electron chi connectivity index (χ1n) is 5.33. The van der Waals surface area contributed by atoms with Crippen molar-refractivity contribution in [3.8, 4) is 0 Å². The highest BCUT2D eigenvalue weighted by Gasteiger charge is 2.18. The van der Waals surface area contributed by atoms with E-state index in [-0.39, 0.29) is 6.04 Å². The molecule has 1 unspecified atom stereocenters. The van der Waals surface area contributed by atoms with Gasteiger partial charge in [-0.15, -0.1) is 0 Å². The first-order valence-corrected chi connectivity index (χ1v) is 6.12. The van der Waals surface area contributed by atoms with Crippen LogP contribution >= 0.6 is 15.9 Å². The number of rotatable bonds is 7. The van der Waals surface area contributed by atoms with E-state index in [1.807, 2.05) is 19.2 Å². The molecule has 2 N–H and O–H groups in total. The average Bonchev–Trinajstić information content (AvgIpc) is 2.66. The molecule has 0 bridgehead atoms. The smallest absolute Gasteiger partial charge is 0.169 e. The van der Waals surface area contributed by atoms with Crippen LogP contribution in [0.25, 0.3) is 0 Å². The highest BCUT2D eigenvalue weighted by Crippen LogP contribution is 2.23. The molecule has 0 aliphatic carbocycles. The lowest BCUT2D eigenvalue weighted by Crippen LogP contribution is -2.31. The maximum Gasteiger partial charge on any atom is 0.169 e. The van der Waals surface area contributed by atoms with Crippen molar-refractivity contribution in [2.75, 3.05) is 33.9 Å². The molecule has 92 valence electrons. The van der Waals surface area contributed by atoms with E-state index in [4.69, 9.17) is 14.9 Å². The third kappa shape index (κ3) is 3.90. The van der Waals surface area contributed by atoms with Crippen LogP contribution in [0.2, 0.25) is 0 Å². The summed E-state index contributed by atoms with van der Waals surface area (Å²) in [4.78, 5) is 2.18. The van der Waals surface area contributed by atoms with Gasteiger partial charge in [0, 0.05) is 26.8 Å². The van der Waals surface area contributed by atoms with E-state index in [0.29, 0.717) is 6.54 Å². The largest absolute Gasteiger partial charge is 0.453 e. The second-order valence-corrected chi connectivity index (χ2v) is 4.50. The van der Waals surface area contributed by atoms with Crippen molar-refractivity contribution >= 4 is 15.9 Å². The fourth-order valence-corrected chi connectivity index (χ4v) is 1.95. The van der Waals surface area contributed by atoms with Crippen LogP contribution in [-0.4, -0.2) is 38.8 Å². The SMILES string of the molecule is COCCCN(C)C(CN)c1ccc(Br)o1. The Morgan fingerprint density at radius 1 is 1.56 bits per heavy atom. The number of nitrogens with zero attached hydrogens (tertiary/aromatic N) is 1. The van der Waals surface area contributed by atoms with Gasteiger partial charge in [0.1, 0.15) is 5.76 Å². The minimum absolute atomic E-state index is 0.128. The normalized spacial score (nSPS) is 13.3. The predicted octanol–water partition coefficient (Wildman–Crippen LogP) is 2.01. The molecule has 1 aromatic rings. The number of ether oxygens (including phenoxy) is 1. The number of halogens is 1. The van der Waals surface area contributed by atoms with Crippen molar-refractivity contribution in [1.29, 1.82) is 0 Å². The minimum atomic E-state index is 0.128. The summed E-state index contributed by atoms with van der Waals surface area (Å²) >= 11 is 3.30. The molecule has 0 radical (unpaired) electrons. The molecule has 0 aliphatic rings. The first kappa shape index (κ1) is 13.7. The van der Waals surface area contributed by atoms with Gasteiger partial charge in [0.15, 0.2) is 4.67 Å². The molecule has 1 atom stereocenters. The number of furan rings is 1. The standard InChI is InChI=1S/C11H19BrN2O2/c1-14(6-3-7-15-2)9(8-13)10-4-5-11(12)16-10/h4-5,9H,3,6-8,13H2,1-2H3. The van der Waals surface area contributed by atoms with E-state index >= 15 is 0 Å². The molecule has 1 rings (SSSR count). The fourth-order valence-electron chi connectivity index (χ4n) is 1.63. The van der Waals surface area contributed by atoms with Gasteiger partial charge in [-0.2, -0.15) is 0 Å². The van der Waals surface area contributed by atoms with E-state index in [1.165, 1.54) is 0 Å². The van der Waals surface area contributed by atoms with Gasteiger partial charge in [-0.1, -0.05) is 0 Å². The second kappa shape index (κ2) is 7.06. The molecule has 0 saturated carbocycles. The summed E-state index contributed by atoms with van der Waals surface area (Å²) in [5.41, 5.74) is 5.77. The molecule has 1 aromatic heterocycles. The fraction of sp³-hybridized carbons (Fsp3) is 0.636. The van der Waals surface area contributed by atoms with Gasteiger partial charge in [-0.3, -0.25) is 4.90 Å². The Morgan fingerprint density at radius 3 is 2.81 bits per heavy atom. The van der Waals surface area contributed by atoms with E-state index in [1.54, 1.807) is 7.11 Å². The van der Waals surface area contributed by atoms with Gasteiger partial charge in [-0.05, 0) is 41.5 Å². The molecule has 4 nitrogen and oxygen atoms in total. The average molecular weight is 291 g/mol. The summed E-state index contributed by atoms with van der Waals surface area (Å²) in [6.07, 6.45) is 0.991. The molecular weight excluding hydrogens is 272 g/mol. The van der Waals surface area contributed by atoms with Crippen LogP contribution in [0.5, 0.6) is 0 Å². The Morgan fingerprint density at radius 2 is 2.31 bits per heavy atom. The van der Waals surface area contributed by atoms with E-state index in [2.05, 4.69) is 20.8 Å². The Kier molecular flexibility index (Phi) is 6.05. The van der Waals surface area contributed by atoms with Crippen LogP contribution in [0.4, 0.5) is 0 Å².